The molecule has 0 saturated carbocycles. The molecule has 1 aromatic carbocycles. The quantitative estimate of drug-likeness (QED) is 0.493. The Labute approximate surface area is 206 Å². The standard InChI is InChI=1S/C29H31N5O/c1-5-27-32-23-8-9-29(3,4)15-22(23)28(33-27)34-10-11-35-26-7-6-19(13-21(26)17-34)20-14-25-24(30-16-20)12-18(2)31-25/h5-7,13-14,16H,1,8-12,15,17H2,2-4H3. The van der Waals surface area contributed by atoms with Gasteiger partial charge in [0.05, 0.1) is 17.9 Å². The molecule has 4 heterocycles. The zero-order valence-corrected chi connectivity index (χ0v) is 20.8. The maximum absolute atomic E-state index is 6.18. The third-order valence-corrected chi connectivity index (χ3v) is 7.32. The molecular formula is C29H31N5O. The third kappa shape index (κ3) is 4.11. The van der Waals surface area contributed by atoms with E-state index in [-0.39, 0.29) is 5.41 Å². The van der Waals surface area contributed by atoms with Crippen molar-refractivity contribution in [1.29, 1.82) is 0 Å². The normalized spacial score (nSPS) is 18.0. The molecule has 1 aliphatic carbocycles. The van der Waals surface area contributed by atoms with Crippen molar-refractivity contribution in [2.75, 3.05) is 18.1 Å². The van der Waals surface area contributed by atoms with E-state index >= 15 is 0 Å². The lowest BCUT2D eigenvalue weighted by molar-refractivity contribution is 0.310. The fourth-order valence-electron chi connectivity index (χ4n) is 5.41. The number of anilines is 1. The van der Waals surface area contributed by atoms with Gasteiger partial charge in [-0.05, 0) is 61.4 Å². The SMILES string of the molecule is C=Cc1nc2c(c(N3CCOc4ccc(-c5cnc6c(c5)N=C(C)C6)cc4C3)n1)CC(C)(C)CC2. The van der Waals surface area contributed by atoms with Crippen LogP contribution < -0.4 is 9.64 Å². The highest BCUT2D eigenvalue weighted by molar-refractivity contribution is 5.92. The van der Waals surface area contributed by atoms with Crippen LogP contribution in [-0.4, -0.2) is 33.8 Å². The maximum atomic E-state index is 6.18. The average molecular weight is 466 g/mol. The summed E-state index contributed by atoms with van der Waals surface area (Å²) in [7, 11) is 0. The Hall–Kier alpha value is -3.54. The number of nitrogens with zero attached hydrogens (tertiary/aromatic N) is 5. The monoisotopic (exact) mass is 465 g/mol. The van der Waals surface area contributed by atoms with Gasteiger partial charge in [-0.2, -0.15) is 0 Å². The zero-order valence-electron chi connectivity index (χ0n) is 20.8. The Morgan fingerprint density at radius 2 is 2.00 bits per heavy atom. The van der Waals surface area contributed by atoms with Crippen LogP contribution in [0.4, 0.5) is 11.5 Å². The number of pyridine rings is 1. The van der Waals surface area contributed by atoms with Crippen molar-refractivity contribution in [2.24, 2.45) is 10.4 Å². The van der Waals surface area contributed by atoms with Crippen LogP contribution in [0.25, 0.3) is 17.2 Å². The van der Waals surface area contributed by atoms with Crippen molar-refractivity contribution >= 4 is 23.3 Å². The summed E-state index contributed by atoms with van der Waals surface area (Å²) >= 11 is 0. The van der Waals surface area contributed by atoms with E-state index in [2.05, 4.69) is 66.5 Å². The van der Waals surface area contributed by atoms with Gasteiger partial charge in [0.15, 0.2) is 5.82 Å². The number of aromatic nitrogens is 3. The molecule has 3 aliphatic rings. The van der Waals surface area contributed by atoms with E-state index in [1.807, 2.05) is 6.20 Å². The summed E-state index contributed by atoms with van der Waals surface area (Å²) in [6.07, 6.45) is 7.67. The molecule has 35 heavy (non-hydrogen) atoms. The van der Waals surface area contributed by atoms with E-state index < -0.39 is 0 Å². The summed E-state index contributed by atoms with van der Waals surface area (Å²) in [5.41, 5.74) is 9.22. The number of hydrogen-bond acceptors (Lipinski definition) is 6. The molecule has 0 spiro atoms. The second kappa shape index (κ2) is 8.29. The molecule has 3 aromatic rings. The van der Waals surface area contributed by atoms with E-state index in [0.29, 0.717) is 12.4 Å². The van der Waals surface area contributed by atoms with Crippen molar-refractivity contribution in [3.63, 3.8) is 0 Å². The van der Waals surface area contributed by atoms with Crippen LogP contribution in [0.5, 0.6) is 5.75 Å². The Morgan fingerprint density at radius 1 is 1.11 bits per heavy atom. The van der Waals surface area contributed by atoms with Crippen molar-refractivity contribution in [3.8, 4) is 16.9 Å². The summed E-state index contributed by atoms with van der Waals surface area (Å²) in [6.45, 7) is 12.8. The summed E-state index contributed by atoms with van der Waals surface area (Å²) in [5.74, 6) is 2.67. The summed E-state index contributed by atoms with van der Waals surface area (Å²) in [6, 6.07) is 8.58. The van der Waals surface area contributed by atoms with Gasteiger partial charge in [0.25, 0.3) is 0 Å². The van der Waals surface area contributed by atoms with E-state index in [9.17, 15) is 0 Å². The zero-order chi connectivity index (χ0) is 24.2. The van der Waals surface area contributed by atoms with Gasteiger partial charge in [-0.3, -0.25) is 9.98 Å². The van der Waals surface area contributed by atoms with E-state index in [4.69, 9.17) is 14.7 Å². The number of fused-ring (bicyclic) bond motifs is 3. The first-order valence-electron chi connectivity index (χ1n) is 12.4. The molecule has 178 valence electrons. The van der Waals surface area contributed by atoms with E-state index in [1.165, 1.54) is 11.3 Å². The number of ether oxygens (including phenoxy) is 1. The minimum absolute atomic E-state index is 0.246. The van der Waals surface area contributed by atoms with Gasteiger partial charge < -0.3 is 9.64 Å². The number of rotatable bonds is 3. The van der Waals surface area contributed by atoms with Crippen LogP contribution in [0.15, 0.2) is 42.0 Å². The highest BCUT2D eigenvalue weighted by atomic mass is 16.5. The molecule has 6 rings (SSSR count). The van der Waals surface area contributed by atoms with E-state index in [0.717, 1.165) is 84.1 Å². The first kappa shape index (κ1) is 22.0. The molecule has 0 bridgehead atoms. The van der Waals surface area contributed by atoms with Crippen molar-refractivity contribution in [3.05, 3.63) is 65.4 Å². The summed E-state index contributed by atoms with van der Waals surface area (Å²) in [4.78, 5) is 21.5. The molecular weight excluding hydrogens is 434 g/mol. The van der Waals surface area contributed by atoms with Crippen molar-refractivity contribution in [2.45, 2.75) is 53.0 Å². The minimum atomic E-state index is 0.246. The fourth-order valence-corrected chi connectivity index (χ4v) is 5.41. The second-order valence-corrected chi connectivity index (χ2v) is 10.7. The Morgan fingerprint density at radius 3 is 2.86 bits per heavy atom. The van der Waals surface area contributed by atoms with Crippen LogP contribution in [-0.2, 0) is 25.8 Å². The van der Waals surface area contributed by atoms with Crippen LogP contribution in [0, 0.1) is 5.41 Å². The number of aryl methyl sites for hydroxylation is 1. The lowest BCUT2D eigenvalue weighted by Gasteiger charge is -2.34. The van der Waals surface area contributed by atoms with Crippen molar-refractivity contribution in [1.82, 2.24) is 15.0 Å². The predicted molar refractivity (Wildman–Crippen MR) is 141 cm³/mol. The molecule has 0 fully saturated rings. The van der Waals surface area contributed by atoms with Crippen LogP contribution >= 0.6 is 0 Å². The Bertz CT molecular complexity index is 1370. The molecule has 0 radical (unpaired) electrons. The van der Waals surface area contributed by atoms with Crippen LogP contribution in [0.2, 0.25) is 0 Å². The average Bonchev–Trinajstić information content (AvgIpc) is 3.08. The topological polar surface area (TPSA) is 63.5 Å². The molecule has 0 N–H and O–H groups in total. The molecule has 6 heteroatoms. The molecule has 2 aromatic heterocycles. The summed E-state index contributed by atoms with van der Waals surface area (Å²) < 4.78 is 6.18. The van der Waals surface area contributed by atoms with Gasteiger partial charge in [-0.25, -0.2) is 9.97 Å². The molecule has 0 saturated heterocycles. The molecule has 0 amide bonds. The predicted octanol–water partition coefficient (Wildman–Crippen LogP) is 5.74. The second-order valence-electron chi connectivity index (χ2n) is 10.7. The van der Waals surface area contributed by atoms with Crippen LogP contribution in [0.3, 0.4) is 0 Å². The minimum Gasteiger partial charge on any atom is -0.491 e. The summed E-state index contributed by atoms with van der Waals surface area (Å²) in [5, 5.41) is 0. The maximum Gasteiger partial charge on any atom is 0.153 e. The molecule has 0 unspecified atom stereocenters. The highest BCUT2D eigenvalue weighted by Gasteiger charge is 2.31. The van der Waals surface area contributed by atoms with Crippen molar-refractivity contribution < 1.29 is 4.74 Å². The molecule has 6 nitrogen and oxygen atoms in total. The first-order valence-corrected chi connectivity index (χ1v) is 12.4. The molecule has 2 aliphatic heterocycles. The van der Waals surface area contributed by atoms with Gasteiger partial charge in [0.1, 0.15) is 18.2 Å². The largest absolute Gasteiger partial charge is 0.491 e. The molecule has 0 atom stereocenters. The lowest BCUT2D eigenvalue weighted by Crippen LogP contribution is -2.31. The number of aliphatic imine (C=N–C) groups is 1. The Balaban J connectivity index is 1.37. The number of hydrogen-bond donors (Lipinski definition) is 0. The van der Waals surface area contributed by atoms with Gasteiger partial charge in [-0.15, -0.1) is 0 Å². The third-order valence-electron chi connectivity index (χ3n) is 7.32. The fraction of sp³-hybridized carbons (Fsp3) is 0.379. The van der Waals surface area contributed by atoms with Crippen LogP contribution in [0.1, 0.15) is 55.5 Å². The first-order chi connectivity index (χ1) is 16.9. The Kier molecular flexibility index (Phi) is 5.20. The smallest absolute Gasteiger partial charge is 0.153 e. The highest BCUT2D eigenvalue weighted by Crippen LogP contribution is 2.39. The number of benzene rings is 1. The van der Waals surface area contributed by atoms with Gasteiger partial charge in [0.2, 0.25) is 0 Å². The van der Waals surface area contributed by atoms with E-state index in [1.54, 1.807) is 6.08 Å². The van der Waals surface area contributed by atoms with Gasteiger partial charge >= 0.3 is 0 Å². The van der Waals surface area contributed by atoms with Gasteiger partial charge in [0, 0.05) is 47.3 Å². The van der Waals surface area contributed by atoms with Gasteiger partial charge in [-0.1, -0.05) is 26.5 Å². The lowest BCUT2D eigenvalue weighted by atomic mass is 9.76.